The number of urea groups is 1. The number of hydrogen-bond donors (Lipinski definition) is 3. The molecule has 1 fully saturated rings. The third-order valence-corrected chi connectivity index (χ3v) is 4.91. The molecule has 3 rings (SSSR count). The number of amides is 3. The lowest BCUT2D eigenvalue weighted by Gasteiger charge is -2.34. The molecular weight excluding hydrogens is 304 g/mol. The molecule has 0 radical (unpaired) electrons. The monoisotopic (exact) mass is 328 g/mol. The number of carbonyl (C=O) groups excluding carboxylic acids is 2. The van der Waals surface area contributed by atoms with Crippen LogP contribution in [-0.2, 0) is 4.79 Å². The van der Waals surface area contributed by atoms with Crippen LogP contribution in [0.15, 0.2) is 30.3 Å². The van der Waals surface area contributed by atoms with E-state index < -0.39 is 6.03 Å². The van der Waals surface area contributed by atoms with Crippen molar-refractivity contribution >= 4 is 22.8 Å². The molecule has 0 spiro atoms. The second-order valence-corrected chi connectivity index (χ2v) is 6.37. The van der Waals surface area contributed by atoms with Gasteiger partial charge in [0.1, 0.15) is 0 Å². The third kappa shape index (κ3) is 3.43. The first-order valence-corrected chi connectivity index (χ1v) is 8.42. The van der Waals surface area contributed by atoms with Gasteiger partial charge in [-0.3, -0.25) is 15.0 Å². The first-order chi connectivity index (χ1) is 11.6. The van der Waals surface area contributed by atoms with E-state index in [1.807, 2.05) is 13.0 Å². The number of piperidine rings is 1. The topological polar surface area (TPSA) is 77.2 Å². The van der Waals surface area contributed by atoms with Crippen molar-refractivity contribution in [2.24, 2.45) is 0 Å². The van der Waals surface area contributed by atoms with Crippen molar-refractivity contribution in [3.05, 3.63) is 36.0 Å². The highest BCUT2D eigenvalue weighted by Crippen LogP contribution is 2.30. The number of likely N-dealkylation sites (tertiary alicyclic amines) is 1. The summed E-state index contributed by atoms with van der Waals surface area (Å²) in [7, 11) is 1.50. The Labute approximate surface area is 141 Å². The summed E-state index contributed by atoms with van der Waals surface area (Å²) in [5.41, 5.74) is 2.45. The highest BCUT2D eigenvalue weighted by molar-refractivity contribution is 5.96. The van der Waals surface area contributed by atoms with Crippen molar-refractivity contribution < 1.29 is 9.59 Å². The van der Waals surface area contributed by atoms with Gasteiger partial charge in [-0.1, -0.05) is 18.2 Å². The van der Waals surface area contributed by atoms with Crippen LogP contribution in [0.5, 0.6) is 0 Å². The van der Waals surface area contributed by atoms with Crippen LogP contribution in [0.1, 0.15) is 31.4 Å². The summed E-state index contributed by atoms with van der Waals surface area (Å²) in [6.45, 7) is 3.55. The van der Waals surface area contributed by atoms with Crippen molar-refractivity contribution in [2.75, 3.05) is 20.1 Å². The first kappa shape index (κ1) is 16.5. The number of nitrogens with one attached hydrogen (secondary N) is 3. The molecule has 0 bridgehead atoms. The number of imide groups is 1. The summed E-state index contributed by atoms with van der Waals surface area (Å²) in [4.78, 5) is 29.0. The van der Waals surface area contributed by atoms with Crippen molar-refractivity contribution in [1.82, 2.24) is 20.5 Å². The zero-order chi connectivity index (χ0) is 17.1. The van der Waals surface area contributed by atoms with E-state index >= 15 is 0 Å². The Morgan fingerprint density at radius 1 is 1.25 bits per heavy atom. The van der Waals surface area contributed by atoms with Crippen LogP contribution in [0.3, 0.4) is 0 Å². The normalized spacial score (nSPS) is 17.6. The highest BCUT2D eigenvalue weighted by atomic mass is 16.2. The lowest BCUT2D eigenvalue weighted by Crippen LogP contribution is -2.50. The van der Waals surface area contributed by atoms with Gasteiger partial charge in [-0.2, -0.15) is 0 Å². The number of benzene rings is 1. The predicted molar refractivity (Wildman–Crippen MR) is 93.9 cm³/mol. The van der Waals surface area contributed by atoms with Crippen LogP contribution >= 0.6 is 0 Å². The molecule has 6 heteroatoms. The van der Waals surface area contributed by atoms with Crippen molar-refractivity contribution in [2.45, 2.75) is 31.7 Å². The maximum absolute atomic E-state index is 12.1. The molecule has 0 aliphatic carbocycles. The molecule has 2 heterocycles. The molecule has 128 valence electrons. The molecule has 3 amide bonds. The van der Waals surface area contributed by atoms with Gasteiger partial charge in [0.15, 0.2) is 0 Å². The molecule has 0 saturated carbocycles. The smallest absolute Gasteiger partial charge is 0.321 e. The third-order valence-electron chi connectivity index (χ3n) is 4.91. The van der Waals surface area contributed by atoms with E-state index in [9.17, 15) is 9.59 Å². The Bertz CT molecular complexity index is 698. The summed E-state index contributed by atoms with van der Waals surface area (Å²) < 4.78 is 0. The quantitative estimate of drug-likeness (QED) is 0.808. The van der Waals surface area contributed by atoms with Crippen molar-refractivity contribution in [1.29, 1.82) is 0 Å². The molecule has 1 aliphatic heterocycles. The largest absolute Gasteiger partial charge is 0.358 e. The van der Waals surface area contributed by atoms with Gasteiger partial charge in [-0.25, -0.2) is 4.79 Å². The molecule has 24 heavy (non-hydrogen) atoms. The minimum Gasteiger partial charge on any atom is -0.358 e. The van der Waals surface area contributed by atoms with Crippen LogP contribution in [0.25, 0.3) is 10.9 Å². The average molecular weight is 328 g/mol. The van der Waals surface area contributed by atoms with Crippen LogP contribution in [0.4, 0.5) is 4.79 Å². The fourth-order valence-corrected chi connectivity index (χ4v) is 3.36. The first-order valence-electron chi connectivity index (χ1n) is 8.42. The zero-order valence-electron chi connectivity index (χ0n) is 14.1. The van der Waals surface area contributed by atoms with Gasteiger partial charge in [-0.15, -0.1) is 0 Å². The number of carbonyl (C=O) groups is 2. The Kier molecular flexibility index (Phi) is 4.85. The summed E-state index contributed by atoms with van der Waals surface area (Å²) in [5, 5.41) is 6.00. The minimum absolute atomic E-state index is 0.251. The number of H-pyrrole nitrogens is 1. The van der Waals surface area contributed by atoms with Gasteiger partial charge in [0.25, 0.3) is 0 Å². The average Bonchev–Trinajstić information content (AvgIpc) is 3.05. The number of hydrogen-bond acceptors (Lipinski definition) is 3. The molecule has 6 nitrogen and oxygen atoms in total. The summed E-state index contributed by atoms with van der Waals surface area (Å²) in [6, 6.07) is 9.78. The highest BCUT2D eigenvalue weighted by Gasteiger charge is 2.28. The van der Waals surface area contributed by atoms with E-state index in [1.54, 1.807) is 0 Å². The molecular formula is C18H24N4O2. The second-order valence-electron chi connectivity index (χ2n) is 6.37. The summed E-state index contributed by atoms with van der Waals surface area (Å²) in [6.07, 6.45) is 2.01. The number of aromatic nitrogens is 1. The maximum atomic E-state index is 12.1. The van der Waals surface area contributed by atoms with Gasteiger partial charge < -0.3 is 10.3 Å². The molecule has 1 unspecified atom stereocenters. The Morgan fingerprint density at radius 3 is 2.62 bits per heavy atom. The van der Waals surface area contributed by atoms with Gasteiger partial charge in [-0.05, 0) is 50.4 Å². The van der Waals surface area contributed by atoms with Gasteiger partial charge >= 0.3 is 6.03 Å². The number of para-hydroxylation sites is 1. The van der Waals surface area contributed by atoms with E-state index in [1.165, 1.54) is 23.6 Å². The Morgan fingerprint density at radius 2 is 1.96 bits per heavy atom. The van der Waals surface area contributed by atoms with E-state index in [0.29, 0.717) is 5.92 Å². The zero-order valence-corrected chi connectivity index (χ0v) is 14.1. The van der Waals surface area contributed by atoms with E-state index in [0.717, 1.165) is 25.9 Å². The summed E-state index contributed by atoms with van der Waals surface area (Å²) >= 11 is 0. The molecule has 1 aromatic carbocycles. The Hall–Kier alpha value is -2.34. The van der Waals surface area contributed by atoms with Crippen LogP contribution < -0.4 is 10.6 Å². The maximum Gasteiger partial charge on any atom is 0.321 e. The molecule has 1 aliphatic rings. The van der Waals surface area contributed by atoms with Gasteiger partial charge in [0, 0.05) is 24.2 Å². The molecule has 1 saturated heterocycles. The van der Waals surface area contributed by atoms with Crippen molar-refractivity contribution in [3.8, 4) is 0 Å². The fourth-order valence-electron chi connectivity index (χ4n) is 3.36. The molecule has 3 N–H and O–H groups in total. The lowest BCUT2D eigenvalue weighted by molar-refractivity contribution is -0.125. The Balaban J connectivity index is 1.59. The second kappa shape index (κ2) is 7.05. The molecule has 1 atom stereocenters. The van der Waals surface area contributed by atoms with E-state index in [-0.39, 0.29) is 11.9 Å². The predicted octanol–water partition coefficient (Wildman–Crippen LogP) is 2.19. The van der Waals surface area contributed by atoms with Gasteiger partial charge in [0.2, 0.25) is 5.91 Å². The van der Waals surface area contributed by atoms with Crippen LogP contribution in [0.2, 0.25) is 0 Å². The number of fused-ring (bicyclic) bond motifs is 1. The molecule has 1 aromatic heterocycles. The van der Waals surface area contributed by atoms with Gasteiger partial charge in [0.05, 0.1) is 6.04 Å². The van der Waals surface area contributed by atoms with Crippen molar-refractivity contribution in [3.63, 3.8) is 0 Å². The standard InChI is InChI=1S/C18H24N4O2/c1-12(17(23)21-18(24)19-2)22-9-7-13(8-10-22)16-11-14-5-3-4-6-15(14)20-16/h3-6,11-13,20H,7-10H2,1-2H3,(H2,19,21,23,24). The fraction of sp³-hybridized carbons (Fsp3) is 0.444. The van der Waals surface area contributed by atoms with Crippen LogP contribution in [0, 0.1) is 0 Å². The molecule has 2 aromatic rings. The SMILES string of the molecule is CNC(=O)NC(=O)C(C)N1CCC(c2cc3ccccc3[nH]2)CC1. The number of nitrogens with zero attached hydrogens (tertiary/aromatic N) is 1. The summed E-state index contributed by atoms with van der Waals surface area (Å²) in [5.74, 6) is 0.237. The number of aromatic amines is 1. The van der Waals surface area contributed by atoms with E-state index in [4.69, 9.17) is 0 Å². The van der Waals surface area contributed by atoms with Crippen LogP contribution in [-0.4, -0.2) is 48.0 Å². The minimum atomic E-state index is -0.459. The number of rotatable bonds is 3. The lowest BCUT2D eigenvalue weighted by atomic mass is 9.92. The van der Waals surface area contributed by atoms with E-state index in [2.05, 4.69) is 44.8 Å².